The summed E-state index contributed by atoms with van der Waals surface area (Å²) in [6.07, 6.45) is 0. The van der Waals surface area contributed by atoms with Crippen LogP contribution < -0.4 is 5.14 Å². The zero-order valence-electron chi connectivity index (χ0n) is 14.7. The van der Waals surface area contributed by atoms with Crippen LogP contribution in [0.3, 0.4) is 0 Å². The normalized spacial score (nSPS) is 11.4. The van der Waals surface area contributed by atoms with Crippen molar-refractivity contribution in [3.8, 4) is 11.4 Å². The fraction of sp³-hybridized carbons (Fsp3) is 0.167. The van der Waals surface area contributed by atoms with E-state index < -0.39 is 16.0 Å². The van der Waals surface area contributed by atoms with Gasteiger partial charge in [0.2, 0.25) is 15.8 Å². The van der Waals surface area contributed by atoms with Gasteiger partial charge in [0.25, 0.3) is 5.89 Å². The lowest BCUT2D eigenvalue weighted by molar-refractivity contribution is 0.0428. The van der Waals surface area contributed by atoms with Crippen molar-refractivity contribution in [2.45, 2.75) is 25.3 Å². The summed E-state index contributed by atoms with van der Waals surface area (Å²) in [4.78, 5) is 16.3. The van der Waals surface area contributed by atoms with Gasteiger partial charge in [0.1, 0.15) is 0 Å². The molecule has 140 valence electrons. The molecule has 0 bridgehead atoms. The van der Waals surface area contributed by atoms with E-state index in [4.69, 9.17) is 14.4 Å². The molecule has 1 aromatic heterocycles. The highest BCUT2D eigenvalue weighted by molar-refractivity contribution is 7.89. The zero-order valence-corrected chi connectivity index (χ0v) is 15.5. The maximum atomic E-state index is 12.3. The summed E-state index contributed by atoms with van der Waals surface area (Å²) in [6, 6.07) is 11.5. The van der Waals surface area contributed by atoms with Gasteiger partial charge in [-0.1, -0.05) is 35.5 Å². The van der Waals surface area contributed by atoms with E-state index in [2.05, 4.69) is 10.1 Å². The lowest BCUT2D eigenvalue weighted by atomic mass is 10.1. The van der Waals surface area contributed by atoms with E-state index in [-0.39, 0.29) is 23.0 Å². The number of hydrogen-bond acceptors (Lipinski definition) is 7. The van der Waals surface area contributed by atoms with E-state index in [9.17, 15) is 13.2 Å². The molecule has 3 aromatic rings. The van der Waals surface area contributed by atoms with Gasteiger partial charge < -0.3 is 9.26 Å². The van der Waals surface area contributed by atoms with Crippen molar-refractivity contribution in [1.82, 2.24) is 10.1 Å². The van der Waals surface area contributed by atoms with Crippen LogP contribution in [0.15, 0.2) is 51.9 Å². The van der Waals surface area contributed by atoms with Gasteiger partial charge in [-0.2, -0.15) is 4.98 Å². The molecule has 0 aliphatic rings. The summed E-state index contributed by atoms with van der Waals surface area (Å²) < 4.78 is 33.2. The number of hydrogen-bond donors (Lipinski definition) is 1. The number of nitrogens with zero attached hydrogens (tertiary/aromatic N) is 2. The average molecular weight is 387 g/mol. The molecule has 0 radical (unpaired) electrons. The number of carbonyl (C=O) groups excluding carboxylic acids is 1. The Labute approximate surface area is 156 Å². The zero-order chi connectivity index (χ0) is 19.6. The van der Waals surface area contributed by atoms with E-state index in [1.807, 2.05) is 31.2 Å². The fourth-order valence-corrected chi connectivity index (χ4v) is 2.99. The molecule has 2 aromatic carbocycles. The second-order valence-corrected chi connectivity index (χ2v) is 7.49. The predicted octanol–water partition coefficient (Wildman–Crippen LogP) is 2.36. The third kappa shape index (κ3) is 4.21. The molecule has 0 aliphatic carbocycles. The topological polar surface area (TPSA) is 125 Å². The molecule has 0 amide bonds. The molecule has 1 heterocycles. The van der Waals surface area contributed by atoms with Crippen molar-refractivity contribution in [2.24, 2.45) is 5.14 Å². The summed E-state index contributed by atoms with van der Waals surface area (Å²) in [5.74, 6) is -0.193. The standard InChI is InChI=1S/C18H17N3O5S/c1-11-5-3-4-6-14(11)17-20-16(26-21-17)10-25-18(22)15-9-13(27(19,23)24)8-7-12(15)2/h3-9H,10H2,1-2H3,(H2,19,23,24). The Morgan fingerprint density at radius 1 is 1.15 bits per heavy atom. The Bertz CT molecular complexity index is 1110. The third-order valence-corrected chi connectivity index (χ3v) is 4.85. The number of carbonyl (C=O) groups is 1. The minimum absolute atomic E-state index is 0.0974. The number of aromatic nitrogens is 2. The number of esters is 1. The molecule has 0 atom stereocenters. The fourth-order valence-electron chi connectivity index (χ4n) is 2.45. The summed E-state index contributed by atoms with van der Waals surface area (Å²) in [6.45, 7) is 3.34. The molecule has 0 fully saturated rings. The van der Waals surface area contributed by atoms with Crippen LogP contribution in [0, 0.1) is 13.8 Å². The van der Waals surface area contributed by atoms with E-state index in [0.717, 1.165) is 11.1 Å². The van der Waals surface area contributed by atoms with Gasteiger partial charge in [-0.15, -0.1) is 0 Å². The Morgan fingerprint density at radius 3 is 2.59 bits per heavy atom. The first-order chi connectivity index (χ1) is 12.8. The molecule has 0 aliphatic heterocycles. The van der Waals surface area contributed by atoms with Crippen LogP contribution >= 0.6 is 0 Å². The number of benzene rings is 2. The van der Waals surface area contributed by atoms with E-state index >= 15 is 0 Å². The van der Waals surface area contributed by atoms with Gasteiger partial charge in [-0.05, 0) is 37.1 Å². The highest BCUT2D eigenvalue weighted by Gasteiger charge is 2.18. The van der Waals surface area contributed by atoms with Crippen LogP contribution in [0.2, 0.25) is 0 Å². The van der Waals surface area contributed by atoms with Crippen LogP contribution in [0.1, 0.15) is 27.4 Å². The van der Waals surface area contributed by atoms with E-state index in [1.165, 1.54) is 18.2 Å². The van der Waals surface area contributed by atoms with Gasteiger partial charge in [0.15, 0.2) is 6.61 Å². The highest BCUT2D eigenvalue weighted by atomic mass is 32.2. The molecule has 0 unspecified atom stereocenters. The van der Waals surface area contributed by atoms with Crippen LogP contribution in [-0.2, 0) is 21.4 Å². The first kappa shape index (κ1) is 18.7. The van der Waals surface area contributed by atoms with Crippen LogP contribution in [0.4, 0.5) is 0 Å². The number of sulfonamides is 1. The van der Waals surface area contributed by atoms with Gasteiger partial charge in [-0.3, -0.25) is 0 Å². The van der Waals surface area contributed by atoms with E-state index in [0.29, 0.717) is 11.4 Å². The Hall–Kier alpha value is -3.04. The summed E-state index contributed by atoms with van der Waals surface area (Å²) >= 11 is 0. The van der Waals surface area contributed by atoms with Crippen molar-refractivity contribution >= 4 is 16.0 Å². The lowest BCUT2D eigenvalue weighted by Gasteiger charge is -2.07. The summed E-state index contributed by atoms with van der Waals surface area (Å²) in [5, 5.41) is 8.99. The summed E-state index contributed by atoms with van der Waals surface area (Å²) in [7, 11) is -3.92. The number of ether oxygens (including phenoxy) is 1. The van der Waals surface area contributed by atoms with Gasteiger partial charge in [0.05, 0.1) is 10.5 Å². The average Bonchev–Trinajstić information content (AvgIpc) is 3.08. The van der Waals surface area contributed by atoms with Crippen molar-refractivity contribution in [3.05, 3.63) is 65.0 Å². The molecule has 0 saturated carbocycles. The third-order valence-electron chi connectivity index (χ3n) is 3.94. The van der Waals surface area contributed by atoms with Crippen molar-refractivity contribution in [1.29, 1.82) is 0 Å². The number of rotatable bonds is 5. The molecular weight excluding hydrogens is 370 g/mol. The van der Waals surface area contributed by atoms with Crippen LogP contribution in [0.5, 0.6) is 0 Å². The largest absolute Gasteiger partial charge is 0.452 e. The Morgan fingerprint density at radius 2 is 1.89 bits per heavy atom. The van der Waals surface area contributed by atoms with Crippen molar-refractivity contribution in [2.75, 3.05) is 0 Å². The predicted molar refractivity (Wildman–Crippen MR) is 96.1 cm³/mol. The van der Waals surface area contributed by atoms with Crippen LogP contribution in [0.25, 0.3) is 11.4 Å². The first-order valence-corrected chi connectivity index (χ1v) is 9.49. The monoisotopic (exact) mass is 387 g/mol. The van der Waals surface area contributed by atoms with E-state index in [1.54, 1.807) is 6.92 Å². The van der Waals surface area contributed by atoms with Crippen molar-refractivity contribution < 1.29 is 22.5 Å². The molecule has 0 spiro atoms. The highest BCUT2D eigenvalue weighted by Crippen LogP contribution is 2.20. The van der Waals surface area contributed by atoms with Crippen molar-refractivity contribution in [3.63, 3.8) is 0 Å². The molecule has 27 heavy (non-hydrogen) atoms. The minimum Gasteiger partial charge on any atom is -0.452 e. The minimum atomic E-state index is -3.92. The molecule has 8 nitrogen and oxygen atoms in total. The second-order valence-electron chi connectivity index (χ2n) is 5.92. The quantitative estimate of drug-likeness (QED) is 0.666. The van der Waals surface area contributed by atoms with Gasteiger partial charge in [0, 0.05) is 5.56 Å². The van der Waals surface area contributed by atoms with Gasteiger partial charge >= 0.3 is 5.97 Å². The molecule has 9 heteroatoms. The number of primary sulfonamides is 1. The van der Waals surface area contributed by atoms with Gasteiger partial charge in [-0.25, -0.2) is 18.4 Å². The number of nitrogens with two attached hydrogens (primary N) is 1. The Kier molecular flexibility index (Phi) is 5.06. The SMILES string of the molecule is Cc1ccc(S(N)(=O)=O)cc1C(=O)OCc1nc(-c2ccccc2C)no1. The summed E-state index contributed by atoms with van der Waals surface area (Å²) in [5.41, 5.74) is 2.45. The first-order valence-electron chi connectivity index (χ1n) is 7.95. The molecular formula is C18H17N3O5S. The lowest BCUT2D eigenvalue weighted by Crippen LogP contribution is -2.14. The maximum Gasteiger partial charge on any atom is 0.338 e. The smallest absolute Gasteiger partial charge is 0.338 e. The number of aryl methyl sites for hydroxylation is 2. The molecule has 3 rings (SSSR count). The molecule has 2 N–H and O–H groups in total. The second kappa shape index (κ2) is 7.29. The maximum absolute atomic E-state index is 12.3. The molecule has 0 saturated heterocycles. The van der Waals surface area contributed by atoms with Crippen LogP contribution in [-0.4, -0.2) is 24.5 Å². The Balaban J connectivity index is 1.75.